The minimum atomic E-state index is 0.573. The molecule has 1 radical (unpaired) electrons. The molecule has 1 heterocycles. The number of hydrogen-bond acceptors (Lipinski definition) is 4. The van der Waals surface area contributed by atoms with Gasteiger partial charge in [-0.1, -0.05) is 6.07 Å². The van der Waals surface area contributed by atoms with E-state index in [9.17, 15) is 0 Å². The van der Waals surface area contributed by atoms with Crippen LogP contribution in [-0.4, -0.2) is 19.2 Å². The Hall–Kier alpha value is -1.97. The zero-order valence-corrected chi connectivity index (χ0v) is 8.48. The number of hydrogen-bond donors (Lipinski definition) is 0. The van der Waals surface area contributed by atoms with E-state index in [-0.39, 0.29) is 0 Å². The van der Waals surface area contributed by atoms with Crippen molar-refractivity contribution in [1.29, 1.82) is 0 Å². The predicted octanol–water partition coefficient (Wildman–Crippen LogP) is 2.16. The molecular formula is C11H10NO3. The molecule has 0 fully saturated rings. The van der Waals surface area contributed by atoms with Gasteiger partial charge in [0.15, 0.2) is 5.76 Å². The molecule has 0 amide bonds. The fourth-order valence-electron chi connectivity index (χ4n) is 1.40. The number of methoxy groups -OCH3 is 2. The molecule has 0 saturated heterocycles. The summed E-state index contributed by atoms with van der Waals surface area (Å²) in [7, 11) is 3.19. The molecule has 0 spiro atoms. The molecule has 4 heteroatoms. The van der Waals surface area contributed by atoms with Crippen LogP contribution in [-0.2, 0) is 0 Å². The summed E-state index contributed by atoms with van der Waals surface area (Å²) in [5.41, 5.74) is 0.747. The predicted molar refractivity (Wildman–Crippen MR) is 53.9 cm³/mol. The first-order chi connectivity index (χ1) is 7.36. The third-order valence-corrected chi connectivity index (χ3v) is 2.06. The van der Waals surface area contributed by atoms with E-state index < -0.39 is 0 Å². The summed E-state index contributed by atoms with van der Waals surface area (Å²) in [6.45, 7) is 0. The highest BCUT2D eigenvalue weighted by molar-refractivity contribution is 5.72. The Bertz CT molecular complexity index is 415. The van der Waals surface area contributed by atoms with Crippen LogP contribution in [0.15, 0.2) is 28.8 Å². The Morgan fingerprint density at radius 1 is 1.20 bits per heavy atom. The summed E-state index contributed by atoms with van der Waals surface area (Å²) in [5.74, 6) is 1.93. The fraction of sp³-hybridized carbons (Fsp3) is 0.182. The van der Waals surface area contributed by atoms with Crippen LogP contribution in [0.5, 0.6) is 11.5 Å². The van der Waals surface area contributed by atoms with Gasteiger partial charge in [0.25, 0.3) is 6.39 Å². The van der Waals surface area contributed by atoms with Crippen LogP contribution in [0, 0.1) is 6.39 Å². The zero-order valence-electron chi connectivity index (χ0n) is 8.48. The SMILES string of the molecule is COc1cccc(OC)c1-c1cn[c]o1. The monoisotopic (exact) mass is 204 g/mol. The van der Waals surface area contributed by atoms with Gasteiger partial charge in [-0.2, -0.15) is 0 Å². The van der Waals surface area contributed by atoms with Crippen molar-refractivity contribution in [2.45, 2.75) is 0 Å². The van der Waals surface area contributed by atoms with Gasteiger partial charge >= 0.3 is 0 Å². The lowest BCUT2D eigenvalue weighted by Crippen LogP contribution is -1.91. The summed E-state index contributed by atoms with van der Waals surface area (Å²) < 4.78 is 15.6. The third kappa shape index (κ3) is 1.66. The van der Waals surface area contributed by atoms with E-state index >= 15 is 0 Å². The van der Waals surface area contributed by atoms with Crippen LogP contribution in [0.4, 0.5) is 0 Å². The lowest BCUT2D eigenvalue weighted by molar-refractivity contribution is 0.394. The number of nitrogens with zero attached hydrogens (tertiary/aromatic N) is 1. The molecule has 0 unspecified atom stereocenters. The Kier molecular flexibility index (Phi) is 2.58. The molecule has 0 bridgehead atoms. The Morgan fingerprint density at radius 3 is 2.33 bits per heavy atom. The van der Waals surface area contributed by atoms with E-state index in [0.29, 0.717) is 17.3 Å². The first kappa shape index (κ1) is 9.58. The van der Waals surface area contributed by atoms with Crippen LogP contribution < -0.4 is 9.47 Å². The first-order valence-electron chi connectivity index (χ1n) is 4.40. The van der Waals surface area contributed by atoms with E-state index in [1.165, 1.54) is 0 Å². The number of aromatic nitrogens is 1. The molecule has 77 valence electrons. The Labute approximate surface area is 87.5 Å². The highest BCUT2D eigenvalue weighted by atomic mass is 16.5. The maximum atomic E-state index is 5.23. The van der Waals surface area contributed by atoms with Gasteiger partial charge < -0.3 is 13.9 Å². The number of oxazole rings is 1. The van der Waals surface area contributed by atoms with Crippen molar-refractivity contribution in [2.24, 2.45) is 0 Å². The van der Waals surface area contributed by atoms with Crippen LogP contribution in [0.25, 0.3) is 11.3 Å². The van der Waals surface area contributed by atoms with Gasteiger partial charge in [-0.05, 0) is 12.1 Å². The summed E-state index contributed by atoms with van der Waals surface area (Å²) in [6.07, 6.45) is 3.96. The second kappa shape index (κ2) is 4.04. The molecule has 15 heavy (non-hydrogen) atoms. The van der Waals surface area contributed by atoms with E-state index in [1.54, 1.807) is 20.4 Å². The second-order valence-corrected chi connectivity index (χ2v) is 2.85. The van der Waals surface area contributed by atoms with Crippen molar-refractivity contribution in [2.75, 3.05) is 14.2 Å². The van der Waals surface area contributed by atoms with Gasteiger partial charge in [0.05, 0.1) is 20.4 Å². The van der Waals surface area contributed by atoms with E-state index in [1.807, 2.05) is 18.2 Å². The molecule has 2 aromatic rings. The number of benzene rings is 1. The molecule has 1 aromatic carbocycles. The van der Waals surface area contributed by atoms with Crippen molar-refractivity contribution < 1.29 is 13.9 Å². The third-order valence-electron chi connectivity index (χ3n) is 2.06. The maximum absolute atomic E-state index is 5.23. The zero-order chi connectivity index (χ0) is 10.7. The molecule has 0 aliphatic heterocycles. The molecular weight excluding hydrogens is 194 g/mol. The molecule has 0 N–H and O–H groups in total. The van der Waals surface area contributed by atoms with Gasteiger partial charge in [-0.25, -0.2) is 4.98 Å². The molecule has 0 aliphatic rings. The maximum Gasteiger partial charge on any atom is 0.284 e. The van der Waals surface area contributed by atoms with Crippen LogP contribution in [0.3, 0.4) is 0 Å². The number of ether oxygens (including phenoxy) is 2. The molecule has 4 nitrogen and oxygen atoms in total. The molecule has 2 rings (SSSR count). The first-order valence-corrected chi connectivity index (χ1v) is 4.40. The van der Waals surface area contributed by atoms with Crippen LogP contribution in [0.2, 0.25) is 0 Å². The van der Waals surface area contributed by atoms with Crippen molar-refractivity contribution >= 4 is 0 Å². The van der Waals surface area contributed by atoms with Crippen LogP contribution in [0.1, 0.15) is 0 Å². The average molecular weight is 204 g/mol. The van der Waals surface area contributed by atoms with Gasteiger partial charge in [0.1, 0.15) is 17.1 Å². The van der Waals surface area contributed by atoms with Gasteiger partial charge in [0, 0.05) is 0 Å². The molecule has 0 saturated carbocycles. The summed E-state index contributed by atoms with van der Waals surface area (Å²) in [5, 5.41) is 0. The smallest absolute Gasteiger partial charge is 0.284 e. The van der Waals surface area contributed by atoms with Gasteiger partial charge in [-0.3, -0.25) is 0 Å². The quantitative estimate of drug-likeness (QED) is 0.768. The Morgan fingerprint density at radius 2 is 1.87 bits per heavy atom. The lowest BCUT2D eigenvalue weighted by atomic mass is 10.1. The van der Waals surface area contributed by atoms with E-state index in [0.717, 1.165) is 5.56 Å². The van der Waals surface area contributed by atoms with Gasteiger partial charge in [0.2, 0.25) is 0 Å². The minimum absolute atomic E-state index is 0.573. The van der Waals surface area contributed by atoms with Crippen molar-refractivity contribution in [1.82, 2.24) is 4.98 Å². The highest BCUT2D eigenvalue weighted by Crippen LogP contribution is 2.37. The van der Waals surface area contributed by atoms with Crippen molar-refractivity contribution in [3.63, 3.8) is 0 Å². The second-order valence-electron chi connectivity index (χ2n) is 2.85. The summed E-state index contributed by atoms with van der Waals surface area (Å²) >= 11 is 0. The highest BCUT2D eigenvalue weighted by Gasteiger charge is 2.14. The fourth-order valence-corrected chi connectivity index (χ4v) is 1.40. The van der Waals surface area contributed by atoms with Crippen molar-refractivity contribution in [3.05, 3.63) is 30.8 Å². The summed E-state index contributed by atoms with van der Waals surface area (Å²) in [6, 6.07) is 5.52. The largest absolute Gasteiger partial charge is 0.496 e. The molecule has 0 atom stereocenters. The molecule has 0 aliphatic carbocycles. The van der Waals surface area contributed by atoms with E-state index in [4.69, 9.17) is 13.9 Å². The normalized spacial score (nSPS) is 10.0. The molecule has 1 aromatic heterocycles. The summed E-state index contributed by atoms with van der Waals surface area (Å²) in [4.78, 5) is 3.75. The number of rotatable bonds is 3. The Balaban J connectivity index is 2.61. The minimum Gasteiger partial charge on any atom is -0.496 e. The average Bonchev–Trinajstić information content (AvgIpc) is 2.81. The van der Waals surface area contributed by atoms with Gasteiger partial charge in [-0.15, -0.1) is 0 Å². The topological polar surface area (TPSA) is 44.5 Å². The van der Waals surface area contributed by atoms with Crippen molar-refractivity contribution in [3.8, 4) is 22.8 Å². The lowest BCUT2D eigenvalue weighted by Gasteiger charge is -2.09. The van der Waals surface area contributed by atoms with E-state index in [2.05, 4.69) is 11.4 Å². The van der Waals surface area contributed by atoms with Crippen LogP contribution >= 0.6 is 0 Å². The standard InChI is InChI=1S/C11H10NO3/c1-13-8-4-3-5-9(14-2)11(8)10-6-12-7-15-10/h3-6H,1-2H3.